The summed E-state index contributed by atoms with van der Waals surface area (Å²) in [5, 5.41) is 11.4. The highest BCUT2D eigenvalue weighted by Crippen LogP contribution is 2.38. The molecule has 0 saturated carbocycles. The zero-order valence-corrected chi connectivity index (χ0v) is 20.7. The number of hydrogen-bond acceptors (Lipinski definition) is 1. The van der Waals surface area contributed by atoms with Gasteiger partial charge in [-0.3, -0.25) is 4.98 Å². The molecule has 8 aromatic rings. The lowest BCUT2D eigenvalue weighted by atomic mass is 9.91. The molecule has 0 saturated heterocycles. The van der Waals surface area contributed by atoms with E-state index in [9.17, 15) is 0 Å². The van der Waals surface area contributed by atoms with Gasteiger partial charge in [0.05, 0.1) is 5.52 Å². The molecule has 1 heteroatoms. The van der Waals surface area contributed by atoms with E-state index in [1.54, 1.807) is 0 Å². The second kappa shape index (κ2) is 8.26. The fraction of sp³-hybridized carbons (Fsp3) is 0. The lowest BCUT2D eigenvalue weighted by molar-refractivity contribution is 1.43. The van der Waals surface area contributed by atoms with Crippen LogP contribution in [0.3, 0.4) is 0 Å². The Balaban J connectivity index is 1.29. The summed E-state index contributed by atoms with van der Waals surface area (Å²) < 4.78 is 0. The predicted molar refractivity (Wildman–Crippen MR) is 163 cm³/mol. The van der Waals surface area contributed by atoms with Crippen molar-refractivity contribution in [2.45, 2.75) is 0 Å². The SMILES string of the molecule is c1ccc2c(c1)cc(-c1ccc(-c3ccc4c5ccccc5c5ccccc5c4c3)cc1)c1cccnc12. The van der Waals surface area contributed by atoms with Gasteiger partial charge in [-0.25, -0.2) is 0 Å². The van der Waals surface area contributed by atoms with Crippen LogP contribution in [0, 0.1) is 0 Å². The summed E-state index contributed by atoms with van der Waals surface area (Å²) in [4.78, 5) is 4.74. The first-order valence-electron chi connectivity index (χ1n) is 13.1. The number of pyridine rings is 1. The van der Waals surface area contributed by atoms with Gasteiger partial charge >= 0.3 is 0 Å². The Morgan fingerprint density at radius 2 is 0.868 bits per heavy atom. The van der Waals surface area contributed by atoms with E-state index < -0.39 is 0 Å². The molecule has 0 unspecified atom stereocenters. The van der Waals surface area contributed by atoms with Crippen molar-refractivity contribution in [3.8, 4) is 22.3 Å². The smallest absolute Gasteiger partial charge is 0.0786 e. The molecule has 8 rings (SSSR count). The second-order valence-corrected chi connectivity index (χ2v) is 9.97. The fourth-order valence-electron chi connectivity index (χ4n) is 6.08. The quantitative estimate of drug-likeness (QED) is 0.224. The van der Waals surface area contributed by atoms with Crippen molar-refractivity contribution >= 4 is 54.0 Å². The minimum Gasteiger partial charge on any atom is -0.256 e. The van der Waals surface area contributed by atoms with Gasteiger partial charge in [-0.1, -0.05) is 115 Å². The van der Waals surface area contributed by atoms with Gasteiger partial charge in [0.1, 0.15) is 0 Å². The van der Waals surface area contributed by atoms with E-state index in [1.807, 2.05) is 12.3 Å². The maximum atomic E-state index is 4.74. The van der Waals surface area contributed by atoms with Crippen molar-refractivity contribution in [2.75, 3.05) is 0 Å². The molecular formula is C37H23N. The number of fused-ring (bicyclic) bond motifs is 9. The highest BCUT2D eigenvalue weighted by Gasteiger charge is 2.11. The number of rotatable bonds is 2. The van der Waals surface area contributed by atoms with Gasteiger partial charge < -0.3 is 0 Å². The third-order valence-electron chi connectivity index (χ3n) is 7.89. The number of nitrogens with zero attached hydrogens (tertiary/aromatic N) is 1. The molecule has 1 nitrogen and oxygen atoms in total. The first kappa shape index (κ1) is 21.1. The number of benzene rings is 7. The Labute approximate surface area is 220 Å². The summed E-state index contributed by atoms with van der Waals surface area (Å²) in [6, 6.07) is 48.4. The number of hydrogen-bond donors (Lipinski definition) is 0. The summed E-state index contributed by atoms with van der Waals surface area (Å²) in [5.41, 5.74) is 5.92. The molecular weight excluding hydrogens is 458 g/mol. The lowest BCUT2D eigenvalue weighted by Crippen LogP contribution is -1.87. The lowest BCUT2D eigenvalue weighted by Gasteiger charge is -2.13. The van der Waals surface area contributed by atoms with E-state index in [0.717, 1.165) is 5.52 Å². The maximum absolute atomic E-state index is 4.74. The highest BCUT2D eigenvalue weighted by atomic mass is 14.6. The standard InChI is InChI=1S/C37H23N/c1-2-9-28-27(8-1)23-35(34-14-7-21-38-37(28)34)25-17-15-24(16-18-25)26-19-20-33-31-12-4-3-10-29(31)30-11-5-6-13-32(30)36(33)22-26/h1-23H. The minimum atomic E-state index is 1.05. The summed E-state index contributed by atoms with van der Waals surface area (Å²) in [6.45, 7) is 0. The maximum Gasteiger partial charge on any atom is 0.0786 e. The van der Waals surface area contributed by atoms with Crippen molar-refractivity contribution < 1.29 is 0 Å². The van der Waals surface area contributed by atoms with Crippen LogP contribution >= 0.6 is 0 Å². The van der Waals surface area contributed by atoms with Gasteiger partial charge in [-0.2, -0.15) is 0 Å². The molecule has 0 N–H and O–H groups in total. The largest absolute Gasteiger partial charge is 0.256 e. The second-order valence-electron chi connectivity index (χ2n) is 9.97. The van der Waals surface area contributed by atoms with Gasteiger partial charge in [0.15, 0.2) is 0 Å². The van der Waals surface area contributed by atoms with Crippen LogP contribution in [0.15, 0.2) is 140 Å². The molecule has 0 radical (unpaired) electrons. The molecule has 0 aliphatic heterocycles. The topological polar surface area (TPSA) is 12.9 Å². The fourth-order valence-corrected chi connectivity index (χ4v) is 6.08. The Bertz CT molecular complexity index is 2140. The van der Waals surface area contributed by atoms with Crippen molar-refractivity contribution in [2.24, 2.45) is 0 Å². The molecule has 0 atom stereocenters. The molecule has 0 fully saturated rings. The zero-order valence-electron chi connectivity index (χ0n) is 20.7. The van der Waals surface area contributed by atoms with E-state index in [4.69, 9.17) is 4.98 Å². The van der Waals surface area contributed by atoms with E-state index in [-0.39, 0.29) is 0 Å². The third kappa shape index (κ3) is 3.16. The van der Waals surface area contributed by atoms with Crippen molar-refractivity contribution in [3.05, 3.63) is 140 Å². The summed E-state index contributed by atoms with van der Waals surface area (Å²) in [7, 11) is 0. The normalized spacial score (nSPS) is 11.7. The molecule has 38 heavy (non-hydrogen) atoms. The average molecular weight is 482 g/mol. The molecule has 1 heterocycles. The van der Waals surface area contributed by atoms with Gasteiger partial charge in [0, 0.05) is 17.0 Å². The van der Waals surface area contributed by atoms with Crippen LogP contribution in [0.5, 0.6) is 0 Å². The van der Waals surface area contributed by atoms with Gasteiger partial charge in [-0.05, 0) is 78.2 Å². The molecule has 7 aromatic carbocycles. The Morgan fingerprint density at radius 3 is 1.58 bits per heavy atom. The van der Waals surface area contributed by atoms with Crippen LogP contribution in [0.4, 0.5) is 0 Å². The van der Waals surface area contributed by atoms with Gasteiger partial charge in [0.2, 0.25) is 0 Å². The van der Waals surface area contributed by atoms with Crippen molar-refractivity contribution in [1.82, 2.24) is 4.98 Å². The van der Waals surface area contributed by atoms with Crippen LogP contribution in [0.1, 0.15) is 0 Å². The Morgan fingerprint density at radius 1 is 0.342 bits per heavy atom. The third-order valence-corrected chi connectivity index (χ3v) is 7.89. The molecule has 1 aromatic heterocycles. The monoisotopic (exact) mass is 481 g/mol. The molecule has 0 spiro atoms. The first-order valence-corrected chi connectivity index (χ1v) is 13.1. The molecule has 176 valence electrons. The van der Waals surface area contributed by atoms with E-state index in [1.165, 1.54) is 70.7 Å². The van der Waals surface area contributed by atoms with E-state index >= 15 is 0 Å². The molecule has 0 amide bonds. The Kier molecular flexibility index (Phi) is 4.59. The summed E-state index contributed by atoms with van der Waals surface area (Å²) in [5.74, 6) is 0. The van der Waals surface area contributed by atoms with Crippen LogP contribution in [-0.2, 0) is 0 Å². The van der Waals surface area contributed by atoms with E-state index in [2.05, 4.69) is 127 Å². The van der Waals surface area contributed by atoms with Crippen molar-refractivity contribution in [3.63, 3.8) is 0 Å². The van der Waals surface area contributed by atoms with Crippen LogP contribution in [0.2, 0.25) is 0 Å². The Hall–Kier alpha value is -5.01. The zero-order chi connectivity index (χ0) is 25.1. The number of aromatic nitrogens is 1. The van der Waals surface area contributed by atoms with E-state index in [0.29, 0.717) is 0 Å². The summed E-state index contributed by atoms with van der Waals surface area (Å²) in [6.07, 6.45) is 1.88. The minimum absolute atomic E-state index is 1.05. The molecule has 0 aliphatic carbocycles. The summed E-state index contributed by atoms with van der Waals surface area (Å²) >= 11 is 0. The first-order chi connectivity index (χ1) is 18.8. The molecule has 0 aliphatic rings. The van der Waals surface area contributed by atoms with Crippen molar-refractivity contribution in [1.29, 1.82) is 0 Å². The van der Waals surface area contributed by atoms with Gasteiger partial charge in [-0.15, -0.1) is 0 Å². The van der Waals surface area contributed by atoms with Crippen LogP contribution < -0.4 is 0 Å². The average Bonchev–Trinajstić information content (AvgIpc) is 3.01. The predicted octanol–water partition coefficient (Wildman–Crippen LogP) is 10.2. The van der Waals surface area contributed by atoms with Crippen LogP contribution in [0.25, 0.3) is 76.2 Å². The highest BCUT2D eigenvalue weighted by molar-refractivity contribution is 6.25. The van der Waals surface area contributed by atoms with Crippen LogP contribution in [-0.4, -0.2) is 4.98 Å². The van der Waals surface area contributed by atoms with Gasteiger partial charge in [0.25, 0.3) is 0 Å². The molecule has 0 bridgehead atoms.